The van der Waals surface area contributed by atoms with Gasteiger partial charge in [-0.05, 0) is 6.92 Å². The van der Waals surface area contributed by atoms with Crippen LogP contribution in [0, 0.1) is 5.92 Å². The van der Waals surface area contributed by atoms with Gasteiger partial charge in [-0.1, -0.05) is 6.92 Å². The average molecular weight is 176 g/mol. The van der Waals surface area contributed by atoms with Crippen molar-refractivity contribution in [2.75, 3.05) is 0 Å². The number of hydrogen-bond donors (Lipinski definition) is 0. The Bertz CT molecular complexity index is 120. The third kappa shape index (κ3) is 4.98. The Hall–Kier alpha value is -0.350. The molecule has 0 bridgehead atoms. The van der Waals surface area contributed by atoms with Gasteiger partial charge >= 0.3 is 6.18 Å². The lowest BCUT2D eigenvalue weighted by Crippen LogP contribution is -2.26. The van der Waals surface area contributed by atoms with Gasteiger partial charge in [-0.25, -0.2) is 8.78 Å². The summed E-state index contributed by atoms with van der Waals surface area (Å²) in [6.45, 7) is 1.23. The summed E-state index contributed by atoms with van der Waals surface area (Å²) >= 11 is 0. The molecule has 0 rings (SSSR count). The van der Waals surface area contributed by atoms with Crippen LogP contribution in [0.3, 0.4) is 0 Å². The molecule has 11 heavy (non-hydrogen) atoms. The van der Waals surface area contributed by atoms with E-state index in [0.29, 0.717) is 6.92 Å². The highest BCUT2D eigenvalue weighted by molar-refractivity contribution is 4.69. The lowest BCUT2D eigenvalue weighted by molar-refractivity contribution is -0.186. The molecule has 0 aromatic carbocycles. The first kappa shape index (κ1) is 10.7. The molecule has 5 heteroatoms. The third-order valence-corrected chi connectivity index (χ3v) is 1.22. The maximum atomic E-state index is 12.0. The second-order valence-electron chi connectivity index (χ2n) is 2.72. The molecule has 0 aliphatic carbocycles. The Morgan fingerprint density at radius 1 is 1.09 bits per heavy atom. The van der Waals surface area contributed by atoms with Crippen LogP contribution in [-0.2, 0) is 0 Å². The zero-order valence-electron chi connectivity index (χ0n) is 6.17. The van der Waals surface area contributed by atoms with Crippen LogP contribution in [0.1, 0.15) is 20.3 Å². The van der Waals surface area contributed by atoms with Crippen molar-refractivity contribution in [3.8, 4) is 0 Å². The van der Waals surface area contributed by atoms with Crippen molar-refractivity contribution in [2.24, 2.45) is 5.92 Å². The van der Waals surface area contributed by atoms with Crippen molar-refractivity contribution in [2.45, 2.75) is 32.4 Å². The second kappa shape index (κ2) is 2.95. The number of hydrogen-bond acceptors (Lipinski definition) is 0. The molecule has 0 aliphatic rings. The number of alkyl halides is 5. The monoisotopic (exact) mass is 176 g/mol. The minimum absolute atomic E-state index is 0.481. The molecule has 68 valence electrons. The van der Waals surface area contributed by atoms with Crippen molar-refractivity contribution in [3.05, 3.63) is 0 Å². The second-order valence-corrected chi connectivity index (χ2v) is 2.72. The van der Waals surface area contributed by atoms with Crippen LogP contribution in [0.25, 0.3) is 0 Å². The van der Waals surface area contributed by atoms with E-state index >= 15 is 0 Å². The molecule has 0 fully saturated rings. The first-order chi connectivity index (χ1) is 4.63. The fourth-order valence-electron chi connectivity index (χ4n) is 0.653. The molecular weight excluding hydrogens is 167 g/mol. The predicted octanol–water partition coefficient (Wildman–Crippen LogP) is 3.23. The molecule has 0 spiro atoms. The lowest BCUT2D eigenvalue weighted by Gasteiger charge is -2.18. The Balaban J connectivity index is 3.99. The van der Waals surface area contributed by atoms with Crippen LogP contribution in [0.15, 0.2) is 0 Å². The van der Waals surface area contributed by atoms with Crippen LogP contribution < -0.4 is 0 Å². The molecule has 0 heterocycles. The first-order valence-corrected chi connectivity index (χ1v) is 3.07. The van der Waals surface area contributed by atoms with Gasteiger partial charge in [0.1, 0.15) is 0 Å². The zero-order valence-corrected chi connectivity index (χ0v) is 6.17. The van der Waals surface area contributed by atoms with Gasteiger partial charge in [0.25, 0.3) is 0 Å². The minimum atomic E-state index is -4.51. The maximum absolute atomic E-state index is 12.0. The highest BCUT2D eigenvalue weighted by Crippen LogP contribution is 2.33. The van der Waals surface area contributed by atoms with E-state index in [1.807, 2.05) is 0 Å². The zero-order chi connectivity index (χ0) is 9.28. The summed E-state index contributed by atoms with van der Waals surface area (Å²) < 4.78 is 58.9. The topological polar surface area (TPSA) is 0 Å². The van der Waals surface area contributed by atoms with E-state index in [9.17, 15) is 22.0 Å². The van der Waals surface area contributed by atoms with Crippen molar-refractivity contribution < 1.29 is 22.0 Å². The van der Waals surface area contributed by atoms with Crippen molar-refractivity contribution in [1.82, 2.24) is 0 Å². The van der Waals surface area contributed by atoms with Gasteiger partial charge in [0.15, 0.2) is 0 Å². The van der Waals surface area contributed by atoms with Crippen LogP contribution in [0.5, 0.6) is 0 Å². The summed E-state index contributed by atoms with van der Waals surface area (Å²) in [5, 5.41) is 0. The van der Waals surface area contributed by atoms with E-state index in [1.165, 1.54) is 0 Å². The maximum Gasteiger partial charge on any atom is 0.391 e. The van der Waals surface area contributed by atoms with Crippen molar-refractivity contribution in [1.29, 1.82) is 0 Å². The fourth-order valence-corrected chi connectivity index (χ4v) is 0.653. The first-order valence-electron chi connectivity index (χ1n) is 3.07. The summed E-state index contributed by atoms with van der Waals surface area (Å²) in [6, 6.07) is 0. The molecule has 0 saturated heterocycles. The standard InChI is InChI=1S/C6H9F5/c1-4(6(9,10)11)3-5(2,7)8/h4H,3H2,1-2H3. The summed E-state index contributed by atoms with van der Waals surface area (Å²) in [5.74, 6) is -5.18. The fraction of sp³-hybridized carbons (Fsp3) is 1.00. The van der Waals surface area contributed by atoms with E-state index in [2.05, 4.69) is 0 Å². The van der Waals surface area contributed by atoms with E-state index in [4.69, 9.17) is 0 Å². The summed E-state index contributed by atoms with van der Waals surface area (Å²) in [6.07, 6.45) is -5.66. The molecule has 0 aromatic rings. The van der Waals surface area contributed by atoms with Crippen LogP contribution in [0.4, 0.5) is 22.0 Å². The highest BCUT2D eigenvalue weighted by atomic mass is 19.4. The van der Waals surface area contributed by atoms with Gasteiger partial charge in [0.05, 0.1) is 5.92 Å². The molecule has 0 radical (unpaired) electrons. The molecule has 0 nitrogen and oxygen atoms in total. The van der Waals surface area contributed by atoms with E-state index in [1.54, 1.807) is 0 Å². The normalized spacial score (nSPS) is 16.6. The van der Waals surface area contributed by atoms with Crippen LogP contribution in [0.2, 0.25) is 0 Å². The molecule has 0 aliphatic heterocycles. The Morgan fingerprint density at radius 3 is 1.55 bits per heavy atom. The van der Waals surface area contributed by atoms with Gasteiger partial charge in [0, 0.05) is 6.42 Å². The van der Waals surface area contributed by atoms with E-state index in [-0.39, 0.29) is 0 Å². The van der Waals surface area contributed by atoms with Gasteiger partial charge in [-0.2, -0.15) is 13.2 Å². The van der Waals surface area contributed by atoms with Crippen molar-refractivity contribution >= 4 is 0 Å². The van der Waals surface area contributed by atoms with Gasteiger partial charge in [0.2, 0.25) is 5.92 Å². The van der Waals surface area contributed by atoms with Crippen LogP contribution >= 0.6 is 0 Å². The largest absolute Gasteiger partial charge is 0.391 e. The molecule has 0 N–H and O–H groups in total. The smallest absolute Gasteiger partial charge is 0.207 e. The van der Waals surface area contributed by atoms with Crippen molar-refractivity contribution in [3.63, 3.8) is 0 Å². The minimum Gasteiger partial charge on any atom is -0.207 e. The van der Waals surface area contributed by atoms with Crippen LogP contribution in [-0.4, -0.2) is 12.1 Å². The quantitative estimate of drug-likeness (QED) is 0.566. The van der Waals surface area contributed by atoms with Gasteiger partial charge in [-0.3, -0.25) is 0 Å². The summed E-state index contributed by atoms with van der Waals surface area (Å²) in [7, 11) is 0. The Labute approximate surface area is 61.4 Å². The molecule has 0 amide bonds. The SMILES string of the molecule is CC(CC(C)(F)F)C(F)(F)F. The highest BCUT2D eigenvalue weighted by Gasteiger charge is 2.40. The molecule has 0 aromatic heterocycles. The van der Waals surface area contributed by atoms with E-state index in [0.717, 1.165) is 6.92 Å². The molecule has 1 atom stereocenters. The van der Waals surface area contributed by atoms with Gasteiger partial charge < -0.3 is 0 Å². The third-order valence-electron chi connectivity index (χ3n) is 1.22. The average Bonchev–Trinajstić information content (AvgIpc) is 1.56. The lowest BCUT2D eigenvalue weighted by atomic mass is 10.0. The van der Waals surface area contributed by atoms with E-state index < -0.39 is 24.4 Å². The Morgan fingerprint density at radius 2 is 1.45 bits per heavy atom. The molecule has 1 unspecified atom stereocenters. The summed E-state index contributed by atoms with van der Waals surface area (Å²) in [4.78, 5) is 0. The predicted molar refractivity (Wildman–Crippen MR) is 30.5 cm³/mol. The van der Waals surface area contributed by atoms with Gasteiger partial charge in [-0.15, -0.1) is 0 Å². The number of halogens is 5. The number of rotatable bonds is 2. The molecular formula is C6H9F5. The Kier molecular flexibility index (Phi) is 2.85. The summed E-state index contributed by atoms with van der Waals surface area (Å²) in [5.41, 5.74) is 0. The molecule has 0 saturated carbocycles.